The maximum Gasteiger partial charge on any atom is 0.339 e. The molecule has 2 heterocycles. The highest BCUT2D eigenvalue weighted by molar-refractivity contribution is 9.10. The zero-order chi connectivity index (χ0) is 17.1. The molecule has 24 heavy (non-hydrogen) atoms. The Kier molecular flexibility index (Phi) is 4.80. The molecule has 1 aliphatic rings. The van der Waals surface area contributed by atoms with E-state index in [1.165, 1.54) is 7.11 Å². The maximum absolute atomic E-state index is 12.5. The predicted molar refractivity (Wildman–Crippen MR) is 90.0 cm³/mol. The molecule has 124 valence electrons. The molecule has 0 bridgehead atoms. The summed E-state index contributed by atoms with van der Waals surface area (Å²) in [5.74, 6) is -0.0109. The third-order valence-electron chi connectivity index (χ3n) is 3.74. The molecular formula is C17H15BrN2O4. The molecule has 0 saturated carbocycles. The van der Waals surface area contributed by atoms with Crippen LogP contribution in [-0.4, -0.2) is 30.6 Å². The number of hydrogen-bond donors (Lipinski definition) is 1. The molecule has 1 aliphatic heterocycles. The van der Waals surface area contributed by atoms with E-state index >= 15 is 0 Å². The summed E-state index contributed by atoms with van der Waals surface area (Å²) >= 11 is 3.29. The first-order chi connectivity index (χ1) is 11.6. The summed E-state index contributed by atoms with van der Waals surface area (Å²) in [6, 6.07) is 8.17. The molecule has 6 nitrogen and oxygen atoms in total. The Morgan fingerprint density at radius 3 is 2.96 bits per heavy atom. The third kappa shape index (κ3) is 3.26. The van der Waals surface area contributed by atoms with Crippen LogP contribution in [0.15, 0.2) is 41.0 Å². The van der Waals surface area contributed by atoms with E-state index in [-0.39, 0.29) is 11.9 Å². The van der Waals surface area contributed by atoms with Crippen molar-refractivity contribution in [3.63, 3.8) is 0 Å². The number of nitrogens with one attached hydrogen (secondary N) is 1. The fourth-order valence-electron chi connectivity index (χ4n) is 2.52. The SMILES string of the molecule is COC(=O)c1ccc(C(=O)NC2CCOc3cccnc32)cc1Br. The number of benzene rings is 1. The number of nitrogens with zero attached hydrogens (tertiary/aromatic N) is 1. The van der Waals surface area contributed by atoms with Crippen LogP contribution >= 0.6 is 15.9 Å². The van der Waals surface area contributed by atoms with Crippen LogP contribution in [0, 0.1) is 0 Å². The largest absolute Gasteiger partial charge is 0.491 e. The van der Waals surface area contributed by atoms with E-state index in [0.29, 0.717) is 34.4 Å². The molecule has 3 rings (SSSR count). The van der Waals surface area contributed by atoms with Gasteiger partial charge in [0.05, 0.1) is 25.3 Å². The lowest BCUT2D eigenvalue weighted by molar-refractivity contribution is 0.0599. The number of carbonyl (C=O) groups is 2. The standard InChI is InChI=1S/C17H15BrN2O4/c1-23-17(22)11-5-4-10(9-12(11)18)16(21)20-13-6-8-24-14-3-2-7-19-15(13)14/h2-5,7,9,13H,6,8H2,1H3,(H,20,21). The van der Waals surface area contributed by atoms with E-state index in [0.717, 1.165) is 5.69 Å². The smallest absolute Gasteiger partial charge is 0.339 e. The molecule has 1 aromatic carbocycles. The van der Waals surface area contributed by atoms with E-state index < -0.39 is 5.97 Å². The zero-order valence-corrected chi connectivity index (χ0v) is 14.5. The molecule has 0 radical (unpaired) electrons. The van der Waals surface area contributed by atoms with E-state index in [4.69, 9.17) is 4.74 Å². The quantitative estimate of drug-likeness (QED) is 0.815. The van der Waals surface area contributed by atoms with Gasteiger partial charge in [0.1, 0.15) is 11.4 Å². The normalized spacial score (nSPS) is 15.8. The number of hydrogen-bond acceptors (Lipinski definition) is 5. The second-order valence-electron chi connectivity index (χ2n) is 5.24. The number of aromatic nitrogens is 1. The highest BCUT2D eigenvalue weighted by Gasteiger charge is 2.25. The van der Waals surface area contributed by atoms with Crippen molar-refractivity contribution in [2.24, 2.45) is 0 Å². The van der Waals surface area contributed by atoms with Crippen LogP contribution in [-0.2, 0) is 4.74 Å². The predicted octanol–water partition coefficient (Wildman–Crippen LogP) is 2.88. The first-order valence-electron chi connectivity index (χ1n) is 7.36. The second-order valence-corrected chi connectivity index (χ2v) is 6.09. The number of pyridine rings is 1. The van der Waals surface area contributed by atoms with E-state index in [2.05, 4.69) is 31.0 Å². The number of halogens is 1. The van der Waals surface area contributed by atoms with Crippen LogP contribution in [0.4, 0.5) is 0 Å². The van der Waals surface area contributed by atoms with Crippen LogP contribution in [0.3, 0.4) is 0 Å². The van der Waals surface area contributed by atoms with Crippen molar-refractivity contribution in [1.29, 1.82) is 0 Å². The molecule has 1 unspecified atom stereocenters. The van der Waals surface area contributed by atoms with Crippen molar-refractivity contribution >= 4 is 27.8 Å². The van der Waals surface area contributed by atoms with Gasteiger partial charge >= 0.3 is 5.97 Å². The molecule has 1 atom stereocenters. The van der Waals surface area contributed by atoms with Gasteiger partial charge in [-0.1, -0.05) is 0 Å². The zero-order valence-electron chi connectivity index (χ0n) is 12.9. The topological polar surface area (TPSA) is 77.5 Å². The molecule has 2 aromatic rings. The Labute approximate surface area is 147 Å². The summed E-state index contributed by atoms with van der Waals surface area (Å²) in [4.78, 5) is 28.4. The summed E-state index contributed by atoms with van der Waals surface area (Å²) in [5.41, 5.74) is 1.54. The summed E-state index contributed by atoms with van der Waals surface area (Å²) in [6.07, 6.45) is 2.32. The van der Waals surface area contributed by atoms with E-state index in [9.17, 15) is 9.59 Å². The first-order valence-corrected chi connectivity index (χ1v) is 8.16. The molecule has 0 spiro atoms. The molecule has 0 saturated heterocycles. The van der Waals surface area contributed by atoms with Crippen molar-refractivity contribution in [2.45, 2.75) is 12.5 Å². The average Bonchev–Trinajstić information content (AvgIpc) is 2.61. The van der Waals surface area contributed by atoms with Crippen molar-refractivity contribution in [3.05, 3.63) is 57.8 Å². The molecule has 7 heteroatoms. The maximum atomic E-state index is 12.5. The van der Waals surface area contributed by atoms with Crippen molar-refractivity contribution in [3.8, 4) is 5.75 Å². The van der Waals surface area contributed by atoms with Gasteiger partial charge in [-0.25, -0.2) is 4.79 Å². The van der Waals surface area contributed by atoms with Crippen LogP contribution < -0.4 is 10.1 Å². The van der Waals surface area contributed by atoms with Gasteiger partial charge in [-0.05, 0) is 46.3 Å². The van der Waals surface area contributed by atoms with Crippen LogP contribution in [0.5, 0.6) is 5.75 Å². The number of esters is 1. The number of ether oxygens (including phenoxy) is 2. The lowest BCUT2D eigenvalue weighted by atomic mass is 10.1. The Morgan fingerprint density at radius 2 is 2.21 bits per heavy atom. The summed E-state index contributed by atoms with van der Waals surface area (Å²) in [6.45, 7) is 0.522. The van der Waals surface area contributed by atoms with E-state index in [1.807, 2.05) is 6.07 Å². The molecule has 1 aromatic heterocycles. The summed E-state index contributed by atoms with van der Waals surface area (Å²) in [7, 11) is 1.31. The van der Waals surface area contributed by atoms with Gasteiger partial charge in [0.15, 0.2) is 0 Å². The van der Waals surface area contributed by atoms with Crippen LogP contribution in [0.2, 0.25) is 0 Å². The van der Waals surface area contributed by atoms with Crippen molar-refractivity contribution in [2.75, 3.05) is 13.7 Å². The monoisotopic (exact) mass is 390 g/mol. The average molecular weight is 391 g/mol. The van der Waals surface area contributed by atoms with E-state index in [1.54, 1.807) is 30.5 Å². The summed E-state index contributed by atoms with van der Waals surface area (Å²) in [5, 5.41) is 2.96. The first kappa shape index (κ1) is 16.4. The Bertz CT molecular complexity index is 794. The lowest BCUT2D eigenvalue weighted by Crippen LogP contribution is -2.32. The van der Waals surface area contributed by atoms with Gasteiger partial charge in [-0.3, -0.25) is 9.78 Å². The number of rotatable bonds is 3. The fraction of sp³-hybridized carbons (Fsp3) is 0.235. The van der Waals surface area contributed by atoms with Gasteiger partial charge < -0.3 is 14.8 Å². The number of amides is 1. The summed E-state index contributed by atoms with van der Waals surface area (Å²) < 4.78 is 10.7. The highest BCUT2D eigenvalue weighted by atomic mass is 79.9. The lowest BCUT2D eigenvalue weighted by Gasteiger charge is -2.25. The Hall–Kier alpha value is -2.41. The third-order valence-corrected chi connectivity index (χ3v) is 4.39. The Balaban J connectivity index is 1.79. The highest BCUT2D eigenvalue weighted by Crippen LogP contribution is 2.30. The number of methoxy groups -OCH3 is 1. The van der Waals surface area contributed by atoms with Crippen molar-refractivity contribution in [1.82, 2.24) is 10.3 Å². The fourth-order valence-corrected chi connectivity index (χ4v) is 3.06. The van der Waals surface area contributed by atoms with Gasteiger partial charge in [0.25, 0.3) is 5.91 Å². The molecular weight excluding hydrogens is 376 g/mol. The second kappa shape index (κ2) is 7.00. The van der Waals surface area contributed by atoms with Crippen molar-refractivity contribution < 1.29 is 19.1 Å². The number of carbonyl (C=O) groups excluding carboxylic acids is 2. The molecule has 0 fully saturated rings. The minimum absolute atomic E-state index is 0.207. The number of fused-ring (bicyclic) bond motifs is 1. The van der Waals surface area contributed by atoms with Gasteiger partial charge in [0, 0.05) is 22.7 Å². The van der Waals surface area contributed by atoms with Gasteiger partial charge in [-0.15, -0.1) is 0 Å². The molecule has 0 aliphatic carbocycles. The van der Waals surface area contributed by atoms with Gasteiger partial charge in [0.2, 0.25) is 0 Å². The Morgan fingerprint density at radius 1 is 1.38 bits per heavy atom. The minimum Gasteiger partial charge on any atom is -0.491 e. The molecule has 1 N–H and O–H groups in total. The molecule has 1 amide bonds. The van der Waals surface area contributed by atoms with Crippen LogP contribution in [0.25, 0.3) is 0 Å². The minimum atomic E-state index is -0.462. The van der Waals surface area contributed by atoms with Crippen LogP contribution in [0.1, 0.15) is 38.9 Å². The van der Waals surface area contributed by atoms with Gasteiger partial charge in [-0.2, -0.15) is 0 Å².